The molecule has 0 fully saturated rings. The Bertz CT molecular complexity index is 391. The minimum absolute atomic E-state index is 0.190. The number of carboxylic acid groups (broad SMARTS) is 1. The van der Waals surface area contributed by atoms with Crippen molar-refractivity contribution in [2.45, 2.75) is 64.8 Å². The van der Waals surface area contributed by atoms with Crippen LogP contribution in [-0.2, 0) is 4.79 Å². The van der Waals surface area contributed by atoms with Crippen molar-refractivity contribution >= 4 is 11.7 Å². The van der Waals surface area contributed by atoms with Gasteiger partial charge in [0.1, 0.15) is 0 Å². The molecule has 0 amide bonds. The molecule has 21 heavy (non-hydrogen) atoms. The van der Waals surface area contributed by atoms with Gasteiger partial charge in [0, 0.05) is 18.3 Å². The monoisotopic (exact) mass is 291 g/mol. The number of hydrogen-bond donors (Lipinski definition) is 1. The highest BCUT2D eigenvalue weighted by Gasteiger charge is 2.15. The van der Waals surface area contributed by atoms with Crippen LogP contribution in [-0.4, -0.2) is 23.7 Å². The van der Waals surface area contributed by atoms with E-state index in [0.717, 1.165) is 12.1 Å². The quantitative estimate of drug-likeness (QED) is 0.600. The lowest BCUT2D eigenvalue weighted by atomic mass is 10.1. The molecule has 1 rings (SSSR count). The second-order valence-electron chi connectivity index (χ2n) is 5.72. The predicted octanol–water partition coefficient (Wildman–Crippen LogP) is 4.72. The first-order valence-corrected chi connectivity index (χ1v) is 8.18. The highest BCUT2D eigenvalue weighted by molar-refractivity contribution is 5.67. The molecule has 0 spiro atoms. The van der Waals surface area contributed by atoms with E-state index in [-0.39, 0.29) is 6.42 Å². The second-order valence-corrected chi connectivity index (χ2v) is 5.72. The molecule has 1 atom stereocenters. The van der Waals surface area contributed by atoms with Gasteiger partial charge < -0.3 is 10.0 Å². The van der Waals surface area contributed by atoms with Crippen LogP contribution in [0.3, 0.4) is 0 Å². The van der Waals surface area contributed by atoms with Crippen LogP contribution in [0.25, 0.3) is 0 Å². The third kappa shape index (κ3) is 7.16. The van der Waals surface area contributed by atoms with Crippen molar-refractivity contribution in [3.63, 3.8) is 0 Å². The highest BCUT2D eigenvalue weighted by Crippen LogP contribution is 2.20. The number of anilines is 1. The summed E-state index contributed by atoms with van der Waals surface area (Å²) in [6, 6.07) is 10.5. The minimum atomic E-state index is -0.730. The Hall–Kier alpha value is -1.51. The Labute approximate surface area is 129 Å². The number of aliphatic carboxylic acids is 1. The van der Waals surface area contributed by atoms with Crippen LogP contribution < -0.4 is 4.90 Å². The zero-order valence-corrected chi connectivity index (χ0v) is 13.4. The van der Waals surface area contributed by atoms with E-state index >= 15 is 0 Å². The molecule has 3 nitrogen and oxygen atoms in total. The summed E-state index contributed by atoms with van der Waals surface area (Å²) in [4.78, 5) is 13.1. The van der Waals surface area contributed by atoms with Crippen LogP contribution >= 0.6 is 0 Å². The molecule has 118 valence electrons. The van der Waals surface area contributed by atoms with Crippen molar-refractivity contribution in [3.05, 3.63) is 30.3 Å². The Morgan fingerprint density at radius 3 is 2.43 bits per heavy atom. The molecule has 0 aliphatic rings. The SMILES string of the molecule is CCCCCCCC(C)N(CCC(=O)O)c1ccccc1. The summed E-state index contributed by atoms with van der Waals surface area (Å²) in [5.74, 6) is -0.730. The maximum absolute atomic E-state index is 10.9. The zero-order chi connectivity index (χ0) is 15.5. The lowest BCUT2D eigenvalue weighted by Gasteiger charge is -2.31. The Morgan fingerprint density at radius 2 is 1.81 bits per heavy atom. The van der Waals surface area contributed by atoms with Crippen LogP contribution in [0.5, 0.6) is 0 Å². The predicted molar refractivity (Wildman–Crippen MR) is 88.9 cm³/mol. The number of unbranched alkanes of at least 4 members (excludes halogenated alkanes) is 4. The van der Waals surface area contributed by atoms with E-state index < -0.39 is 5.97 Å². The standard InChI is InChI=1S/C18H29NO2/c1-3-4-5-6-8-11-16(2)19(15-14-18(20)21)17-12-9-7-10-13-17/h7,9-10,12-13,16H,3-6,8,11,14-15H2,1-2H3,(H,20,21). The van der Waals surface area contributed by atoms with Crippen molar-refractivity contribution in [2.75, 3.05) is 11.4 Å². The summed E-state index contributed by atoms with van der Waals surface area (Å²) < 4.78 is 0. The van der Waals surface area contributed by atoms with Crippen molar-refractivity contribution in [2.24, 2.45) is 0 Å². The first-order chi connectivity index (χ1) is 10.1. The lowest BCUT2D eigenvalue weighted by Crippen LogP contribution is -2.35. The summed E-state index contributed by atoms with van der Waals surface area (Å²) in [6.45, 7) is 5.01. The Morgan fingerprint density at radius 1 is 1.14 bits per heavy atom. The zero-order valence-electron chi connectivity index (χ0n) is 13.4. The Balaban J connectivity index is 2.52. The average Bonchev–Trinajstić information content (AvgIpc) is 2.48. The molecule has 0 saturated carbocycles. The maximum Gasteiger partial charge on any atom is 0.305 e. The van der Waals surface area contributed by atoms with Crippen molar-refractivity contribution < 1.29 is 9.90 Å². The Kier molecular flexibility index (Phi) is 8.56. The molecule has 1 N–H and O–H groups in total. The summed E-state index contributed by atoms with van der Waals surface area (Å²) in [5, 5.41) is 8.94. The minimum Gasteiger partial charge on any atom is -0.481 e. The van der Waals surface area contributed by atoms with E-state index in [2.05, 4.69) is 30.9 Å². The number of para-hydroxylation sites is 1. The van der Waals surface area contributed by atoms with Crippen LogP contribution in [0.4, 0.5) is 5.69 Å². The van der Waals surface area contributed by atoms with Gasteiger partial charge in [-0.25, -0.2) is 0 Å². The number of benzene rings is 1. The molecular weight excluding hydrogens is 262 g/mol. The van der Waals surface area contributed by atoms with Gasteiger partial charge in [-0.3, -0.25) is 4.79 Å². The molecule has 1 aromatic rings. The van der Waals surface area contributed by atoms with Gasteiger partial charge >= 0.3 is 5.97 Å². The van der Waals surface area contributed by atoms with Crippen molar-refractivity contribution in [1.29, 1.82) is 0 Å². The van der Waals surface area contributed by atoms with Crippen LogP contribution in [0.15, 0.2) is 30.3 Å². The summed E-state index contributed by atoms with van der Waals surface area (Å²) in [5.41, 5.74) is 1.12. The number of hydrogen-bond acceptors (Lipinski definition) is 2. The number of carbonyl (C=O) groups is 1. The fourth-order valence-corrected chi connectivity index (χ4v) is 2.64. The smallest absolute Gasteiger partial charge is 0.305 e. The van der Waals surface area contributed by atoms with Gasteiger partial charge in [-0.15, -0.1) is 0 Å². The second kappa shape index (κ2) is 10.3. The molecular formula is C18H29NO2. The highest BCUT2D eigenvalue weighted by atomic mass is 16.4. The number of rotatable bonds is 11. The van der Waals surface area contributed by atoms with Gasteiger partial charge in [-0.1, -0.05) is 57.2 Å². The molecule has 0 heterocycles. The first-order valence-electron chi connectivity index (χ1n) is 8.18. The van der Waals surface area contributed by atoms with Gasteiger partial charge in [0.15, 0.2) is 0 Å². The number of carboxylic acids is 1. The van der Waals surface area contributed by atoms with Gasteiger partial charge in [-0.2, -0.15) is 0 Å². The third-order valence-electron chi connectivity index (χ3n) is 3.91. The molecule has 0 saturated heterocycles. The van der Waals surface area contributed by atoms with Gasteiger partial charge in [-0.05, 0) is 25.5 Å². The van der Waals surface area contributed by atoms with E-state index in [1.165, 1.54) is 32.1 Å². The fraction of sp³-hybridized carbons (Fsp3) is 0.611. The average molecular weight is 291 g/mol. The van der Waals surface area contributed by atoms with Gasteiger partial charge in [0.05, 0.1) is 6.42 Å². The lowest BCUT2D eigenvalue weighted by molar-refractivity contribution is -0.136. The molecule has 1 aromatic carbocycles. The van der Waals surface area contributed by atoms with E-state index in [1.54, 1.807) is 0 Å². The molecule has 0 bridgehead atoms. The summed E-state index contributed by atoms with van der Waals surface area (Å²) in [6.07, 6.45) is 7.70. The maximum atomic E-state index is 10.9. The van der Waals surface area contributed by atoms with Crippen LogP contribution in [0.2, 0.25) is 0 Å². The molecule has 0 radical (unpaired) electrons. The van der Waals surface area contributed by atoms with E-state index in [9.17, 15) is 4.79 Å². The largest absolute Gasteiger partial charge is 0.481 e. The van der Waals surface area contributed by atoms with Crippen LogP contribution in [0.1, 0.15) is 58.8 Å². The third-order valence-corrected chi connectivity index (χ3v) is 3.91. The fourth-order valence-electron chi connectivity index (χ4n) is 2.64. The van der Waals surface area contributed by atoms with Crippen molar-refractivity contribution in [3.8, 4) is 0 Å². The first kappa shape index (κ1) is 17.5. The molecule has 0 aliphatic carbocycles. The van der Waals surface area contributed by atoms with Crippen LogP contribution in [0, 0.1) is 0 Å². The normalized spacial score (nSPS) is 12.1. The summed E-state index contributed by atoms with van der Waals surface area (Å²) >= 11 is 0. The summed E-state index contributed by atoms with van der Waals surface area (Å²) in [7, 11) is 0. The molecule has 3 heteroatoms. The van der Waals surface area contributed by atoms with Gasteiger partial charge in [0.25, 0.3) is 0 Å². The molecule has 0 aliphatic heterocycles. The molecule has 0 aromatic heterocycles. The van der Waals surface area contributed by atoms with Crippen molar-refractivity contribution in [1.82, 2.24) is 0 Å². The van der Waals surface area contributed by atoms with Gasteiger partial charge in [0.2, 0.25) is 0 Å². The topological polar surface area (TPSA) is 40.5 Å². The van der Waals surface area contributed by atoms with E-state index in [1.807, 2.05) is 18.2 Å². The van der Waals surface area contributed by atoms with E-state index in [4.69, 9.17) is 5.11 Å². The molecule has 1 unspecified atom stereocenters. The number of nitrogens with zero attached hydrogens (tertiary/aromatic N) is 1. The van der Waals surface area contributed by atoms with E-state index in [0.29, 0.717) is 12.6 Å².